The molecule has 0 aromatic carbocycles. The van der Waals surface area contributed by atoms with Crippen LogP contribution >= 0.6 is 0 Å². The molecule has 0 aromatic rings. The third-order valence-corrected chi connectivity index (χ3v) is 10.6. The van der Waals surface area contributed by atoms with Gasteiger partial charge in [-0.2, -0.15) is 0 Å². The van der Waals surface area contributed by atoms with Crippen molar-refractivity contribution in [1.29, 1.82) is 0 Å². The van der Waals surface area contributed by atoms with Gasteiger partial charge in [0.05, 0.1) is 5.92 Å². The maximum Gasteiger partial charge on any atom is 0.309 e. The molecule has 5 aliphatic rings. The van der Waals surface area contributed by atoms with Crippen molar-refractivity contribution in [2.24, 2.45) is 40.9 Å². The van der Waals surface area contributed by atoms with Gasteiger partial charge in [0.15, 0.2) is 11.9 Å². The summed E-state index contributed by atoms with van der Waals surface area (Å²) in [4.78, 5) is 25.8. The fourth-order valence-electron chi connectivity index (χ4n) is 8.67. The quantitative estimate of drug-likeness (QED) is 0.431. The summed E-state index contributed by atoms with van der Waals surface area (Å²) < 4.78 is 5.96. The molecule has 0 radical (unpaired) electrons. The van der Waals surface area contributed by atoms with Gasteiger partial charge in [-0.05, 0) is 112 Å². The van der Waals surface area contributed by atoms with Crippen LogP contribution in [0.4, 0.5) is 0 Å². The summed E-state index contributed by atoms with van der Waals surface area (Å²) >= 11 is 0. The minimum absolute atomic E-state index is 0.0130. The van der Waals surface area contributed by atoms with Crippen molar-refractivity contribution in [2.45, 2.75) is 116 Å². The molecular weight excluding hydrogens is 396 g/mol. The Balaban J connectivity index is 1.21. The first-order valence-corrected chi connectivity index (χ1v) is 13.9. The maximum atomic E-state index is 13.0. The van der Waals surface area contributed by atoms with E-state index < -0.39 is 6.10 Å². The number of hydrogen-bond acceptors (Lipinski definition) is 3. The number of esters is 1. The van der Waals surface area contributed by atoms with E-state index in [0.717, 1.165) is 56.3 Å². The monoisotopic (exact) mass is 440 g/mol. The van der Waals surface area contributed by atoms with Crippen LogP contribution in [0.3, 0.4) is 0 Å². The third-order valence-electron chi connectivity index (χ3n) is 10.6. The summed E-state index contributed by atoms with van der Waals surface area (Å²) in [6, 6.07) is 0. The van der Waals surface area contributed by atoms with Gasteiger partial charge in [0.25, 0.3) is 0 Å². The fraction of sp³-hybridized carbons (Fsp3) is 0.862. The Morgan fingerprint density at radius 1 is 1.06 bits per heavy atom. The summed E-state index contributed by atoms with van der Waals surface area (Å²) in [5.41, 5.74) is 1.94. The highest BCUT2D eigenvalue weighted by Crippen LogP contribution is 2.61. The standard InChI is InChI=1S/C29H44O3/c1-3-4-6-19-8-10-20(11-9-19)28(31)32-27-18-24-21(17-26(27)30)12-13-23-22(24)14-16-29(2)15-5-7-25(23)29/h17,19-20,22-25,27H,3-16,18H2,1-2H3/t19?,20?,22-,23+,24-,25-,27?,29-/m0/s1. The molecular formula is C29H44O3. The van der Waals surface area contributed by atoms with E-state index in [4.69, 9.17) is 4.74 Å². The molecule has 178 valence electrons. The molecule has 1 unspecified atom stereocenters. The van der Waals surface area contributed by atoms with Gasteiger partial charge in [0, 0.05) is 0 Å². The van der Waals surface area contributed by atoms with Crippen molar-refractivity contribution < 1.29 is 14.3 Å². The minimum atomic E-state index is -0.523. The Bertz CT molecular complexity index is 746. The van der Waals surface area contributed by atoms with Gasteiger partial charge >= 0.3 is 5.97 Å². The molecule has 32 heavy (non-hydrogen) atoms. The highest BCUT2D eigenvalue weighted by molar-refractivity contribution is 5.96. The Morgan fingerprint density at radius 2 is 1.88 bits per heavy atom. The second-order valence-electron chi connectivity index (χ2n) is 12.3. The van der Waals surface area contributed by atoms with Gasteiger partial charge in [0.1, 0.15) is 0 Å². The van der Waals surface area contributed by atoms with Crippen molar-refractivity contribution in [2.75, 3.05) is 0 Å². The molecule has 3 heteroatoms. The zero-order chi connectivity index (χ0) is 22.3. The molecule has 5 aliphatic carbocycles. The van der Waals surface area contributed by atoms with Crippen LogP contribution in [0.2, 0.25) is 0 Å². The molecule has 4 fully saturated rings. The fourth-order valence-corrected chi connectivity index (χ4v) is 8.67. The number of ketones is 1. The van der Waals surface area contributed by atoms with E-state index in [0.29, 0.717) is 17.3 Å². The number of fused-ring (bicyclic) bond motifs is 5. The molecule has 4 saturated carbocycles. The summed E-state index contributed by atoms with van der Waals surface area (Å²) in [5.74, 6) is 3.64. The van der Waals surface area contributed by atoms with Crippen molar-refractivity contribution in [3.05, 3.63) is 11.6 Å². The number of carbonyl (C=O) groups excluding carboxylic acids is 2. The van der Waals surface area contributed by atoms with Crippen molar-refractivity contribution in [3.63, 3.8) is 0 Å². The number of unbranched alkanes of at least 4 members (excludes halogenated alkanes) is 1. The molecule has 3 nitrogen and oxygen atoms in total. The minimum Gasteiger partial charge on any atom is -0.454 e. The molecule has 0 heterocycles. The van der Waals surface area contributed by atoms with Gasteiger partial charge < -0.3 is 4.74 Å². The molecule has 0 N–H and O–H groups in total. The Hall–Kier alpha value is -1.12. The van der Waals surface area contributed by atoms with Gasteiger partial charge in [-0.25, -0.2) is 0 Å². The second-order valence-corrected chi connectivity index (χ2v) is 12.3. The molecule has 0 aromatic heterocycles. The molecule has 0 aliphatic heterocycles. The Kier molecular flexibility index (Phi) is 6.56. The van der Waals surface area contributed by atoms with Crippen LogP contribution in [0.5, 0.6) is 0 Å². The number of hydrogen-bond donors (Lipinski definition) is 0. The van der Waals surface area contributed by atoms with Gasteiger partial charge in [-0.3, -0.25) is 9.59 Å². The summed E-state index contributed by atoms with van der Waals surface area (Å²) in [7, 11) is 0. The topological polar surface area (TPSA) is 43.4 Å². The molecule has 0 amide bonds. The van der Waals surface area contributed by atoms with Crippen molar-refractivity contribution in [3.8, 4) is 0 Å². The zero-order valence-electron chi connectivity index (χ0n) is 20.5. The Morgan fingerprint density at radius 3 is 2.66 bits per heavy atom. The summed E-state index contributed by atoms with van der Waals surface area (Å²) in [6.45, 7) is 4.79. The number of ether oxygens (including phenoxy) is 1. The first-order valence-electron chi connectivity index (χ1n) is 13.9. The lowest BCUT2D eigenvalue weighted by molar-refractivity contribution is -0.161. The molecule has 0 saturated heterocycles. The predicted octanol–water partition coefficient (Wildman–Crippen LogP) is 7.04. The lowest BCUT2D eigenvalue weighted by Gasteiger charge is -2.53. The molecule has 5 rings (SSSR count). The SMILES string of the molecule is CCCCC1CCC(C(=O)OC2C[C@H]3C(=CC2=O)CC[C@@H]2[C@@H]3CC[C@]3(C)CCC[C@@H]23)CC1. The van der Waals surface area contributed by atoms with E-state index >= 15 is 0 Å². The van der Waals surface area contributed by atoms with E-state index in [1.54, 1.807) is 0 Å². The Labute approximate surface area is 195 Å². The molecule has 0 bridgehead atoms. The molecule has 0 spiro atoms. The average Bonchev–Trinajstić information content (AvgIpc) is 3.20. The van der Waals surface area contributed by atoms with Crippen molar-refractivity contribution >= 4 is 11.8 Å². The van der Waals surface area contributed by atoms with E-state index in [2.05, 4.69) is 13.8 Å². The van der Waals surface area contributed by atoms with Gasteiger partial charge in [-0.1, -0.05) is 45.1 Å². The van der Waals surface area contributed by atoms with Crippen LogP contribution < -0.4 is 0 Å². The third kappa shape index (κ3) is 4.23. The lowest BCUT2D eigenvalue weighted by Crippen LogP contribution is -2.47. The highest BCUT2D eigenvalue weighted by Gasteiger charge is 2.53. The summed E-state index contributed by atoms with van der Waals surface area (Å²) in [5, 5.41) is 0. The predicted molar refractivity (Wildman–Crippen MR) is 127 cm³/mol. The van der Waals surface area contributed by atoms with Crippen LogP contribution in [-0.2, 0) is 14.3 Å². The highest BCUT2D eigenvalue weighted by atomic mass is 16.5. The van der Waals surface area contributed by atoms with Crippen LogP contribution in [0, 0.1) is 40.9 Å². The smallest absolute Gasteiger partial charge is 0.309 e. The normalized spacial score (nSPS) is 43.6. The van der Waals surface area contributed by atoms with E-state index in [9.17, 15) is 9.59 Å². The van der Waals surface area contributed by atoms with E-state index in [1.807, 2.05) is 6.08 Å². The lowest BCUT2D eigenvalue weighted by atomic mass is 9.52. The first kappa shape index (κ1) is 22.7. The van der Waals surface area contributed by atoms with E-state index in [-0.39, 0.29) is 17.7 Å². The molecule has 6 atom stereocenters. The van der Waals surface area contributed by atoms with Crippen LogP contribution in [0.15, 0.2) is 11.6 Å². The van der Waals surface area contributed by atoms with Crippen molar-refractivity contribution in [1.82, 2.24) is 0 Å². The average molecular weight is 441 g/mol. The largest absolute Gasteiger partial charge is 0.454 e. The number of rotatable bonds is 5. The van der Waals surface area contributed by atoms with Crippen LogP contribution in [-0.4, -0.2) is 17.9 Å². The van der Waals surface area contributed by atoms with Crippen LogP contribution in [0.25, 0.3) is 0 Å². The number of carbonyl (C=O) groups is 2. The second kappa shape index (κ2) is 9.26. The van der Waals surface area contributed by atoms with E-state index in [1.165, 1.54) is 63.4 Å². The first-order chi connectivity index (χ1) is 15.5. The van der Waals surface area contributed by atoms with Crippen LogP contribution in [0.1, 0.15) is 110 Å². The number of allylic oxidation sites excluding steroid dienone is 1. The summed E-state index contributed by atoms with van der Waals surface area (Å²) in [6.07, 6.45) is 19.4. The maximum absolute atomic E-state index is 13.0. The van der Waals surface area contributed by atoms with Gasteiger partial charge in [0.2, 0.25) is 0 Å². The zero-order valence-corrected chi connectivity index (χ0v) is 20.5. The van der Waals surface area contributed by atoms with Gasteiger partial charge in [-0.15, -0.1) is 0 Å².